The van der Waals surface area contributed by atoms with Gasteiger partial charge in [-0.05, 0) is 42.4 Å². The predicted molar refractivity (Wildman–Crippen MR) is 106 cm³/mol. The minimum Gasteiger partial charge on any atom is -0.322 e. The van der Waals surface area contributed by atoms with E-state index in [2.05, 4.69) is 49.6 Å². The molecule has 0 spiro atoms. The van der Waals surface area contributed by atoms with Crippen molar-refractivity contribution in [3.05, 3.63) is 53.6 Å². The third kappa shape index (κ3) is 4.15. The lowest BCUT2D eigenvalue weighted by Crippen LogP contribution is -2.45. The van der Waals surface area contributed by atoms with Gasteiger partial charge in [0.05, 0.1) is 0 Å². The molecule has 1 aliphatic heterocycles. The normalized spacial score (nSPS) is 15.9. The Balaban J connectivity index is 1.35. The number of piperazine rings is 1. The molecule has 0 saturated carbocycles. The van der Waals surface area contributed by atoms with Gasteiger partial charge in [0, 0.05) is 44.0 Å². The van der Waals surface area contributed by atoms with Crippen molar-refractivity contribution in [3.8, 4) is 0 Å². The van der Waals surface area contributed by atoms with Crippen LogP contribution in [0.1, 0.15) is 22.8 Å². The molecular formula is C20H24N6O. The molecule has 0 bridgehead atoms. The minimum atomic E-state index is -0.150. The number of likely N-dealkylation sites (N-methyl/N-ethyl adjacent to an activating group) is 1. The summed E-state index contributed by atoms with van der Waals surface area (Å²) in [4.78, 5) is 17.4. The number of nitrogens with one attached hydrogen (secondary N) is 2. The quantitative estimate of drug-likeness (QED) is 0.727. The van der Waals surface area contributed by atoms with Crippen LogP contribution in [0.2, 0.25) is 0 Å². The summed E-state index contributed by atoms with van der Waals surface area (Å²) >= 11 is 0. The number of rotatable bonds is 5. The molecule has 4 rings (SSSR count). The van der Waals surface area contributed by atoms with E-state index in [0.29, 0.717) is 11.1 Å². The van der Waals surface area contributed by atoms with E-state index >= 15 is 0 Å². The van der Waals surface area contributed by atoms with Crippen molar-refractivity contribution >= 4 is 22.6 Å². The summed E-state index contributed by atoms with van der Waals surface area (Å²) < 4.78 is 0. The van der Waals surface area contributed by atoms with Crippen LogP contribution < -0.4 is 5.32 Å². The van der Waals surface area contributed by atoms with E-state index in [1.807, 2.05) is 12.1 Å². The Kier molecular flexibility index (Phi) is 5.13. The molecule has 2 N–H and O–H groups in total. The largest absolute Gasteiger partial charge is 0.322 e. The minimum absolute atomic E-state index is 0.150. The number of fused-ring (bicyclic) bond motifs is 1. The van der Waals surface area contributed by atoms with Gasteiger partial charge in [-0.3, -0.25) is 9.69 Å². The number of amides is 1. The molecule has 3 aromatic rings. The van der Waals surface area contributed by atoms with Crippen molar-refractivity contribution in [3.63, 3.8) is 0 Å². The highest BCUT2D eigenvalue weighted by Crippen LogP contribution is 2.16. The average Bonchev–Trinajstić information content (AvgIpc) is 3.18. The molecule has 1 aromatic heterocycles. The lowest BCUT2D eigenvalue weighted by molar-refractivity contribution is 0.102. The van der Waals surface area contributed by atoms with Gasteiger partial charge in [0.25, 0.3) is 5.91 Å². The zero-order valence-electron chi connectivity index (χ0n) is 15.5. The van der Waals surface area contributed by atoms with Gasteiger partial charge < -0.3 is 10.2 Å². The molecule has 7 nitrogen and oxygen atoms in total. The number of H-pyrrole nitrogens is 1. The predicted octanol–water partition coefficient (Wildman–Crippen LogP) is 2.35. The van der Waals surface area contributed by atoms with E-state index in [-0.39, 0.29) is 5.91 Å². The molecule has 0 unspecified atom stereocenters. The number of nitrogens with zero attached hydrogens (tertiary/aromatic N) is 4. The Morgan fingerprint density at radius 2 is 1.70 bits per heavy atom. The number of anilines is 1. The molecule has 0 aliphatic carbocycles. The highest BCUT2D eigenvalue weighted by molar-refractivity contribution is 6.05. The molecular weight excluding hydrogens is 340 g/mol. The van der Waals surface area contributed by atoms with Crippen LogP contribution in [0.5, 0.6) is 0 Å². The fraction of sp³-hybridized carbons (Fsp3) is 0.350. The zero-order chi connectivity index (χ0) is 18.6. The lowest BCUT2D eigenvalue weighted by atomic mass is 10.1. The maximum Gasteiger partial charge on any atom is 0.255 e. The molecule has 1 amide bonds. The van der Waals surface area contributed by atoms with Crippen molar-refractivity contribution in [1.82, 2.24) is 25.2 Å². The van der Waals surface area contributed by atoms with Crippen molar-refractivity contribution < 1.29 is 4.79 Å². The summed E-state index contributed by atoms with van der Waals surface area (Å²) in [6.45, 7) is 8.79. The van der Waals surface area contributed by atoms with Crippen LogP contribution in [0, 0.1) is 0 Å². The first kappa shape index (κ1) is 17.6. The maximum absolute atomic E-state index is 12.5. The SMILES string of the molecule is CCN1CCN(Cc2ccc(NC(=O)c3ccc4n[nH]nc4c3)cc2)CC1. The second kappa shape index (κ2) is 7.85. The molecule has 0 atom stereocenters. The van der Waals surface area contributed by atoms with Gasteiger partial charge in [-0.2, -0.15) is 15.4 Å². The first-order chi connectivity index (χ1) is 13.2. The summed E-state index contributed by atoms with van der Waals surface area (Å²) in [6.07, 6.45) is 0. The van der Waals surface area contributed by atoms with Crippen LogP contribution in [-0.4, -0.2) is 63.8 Å². The van der Waals surface area contributed by atoms with Crippen molar-refractivity contribution in [2.24, 2.45) is 0 Å². The fourth-order valence-electron chi connectivity index (χ4n) is 3.40. The molecule has 7 heteroatoms. The lowest BCUT2D eigenvalue weighted by Gasteiger charge is -2.34. The van der Waals surface area contributed by atoms with Crippen LogP contribution in [-0.2, 0) is 6.54 Å². The van der Waals surface area contributed by atoms with Crippen molar-refractivity contribution in [2.45, 2.75) is 13.5 Å². The Labute approximate surface area is 158 Å². The zero-order valence-corrected chi connectivity index (χ0v) is 15.5. The van der Waals surface area contributed by atoms with Gasteiger partial charge >= 0.3 is 0 Å². The van der Waals surface area contributed by atoms with E-state index in [1.165, 1.54) is 5.56 Å². The van der Waals surface area contributed by atoms with Gasteiger partial charge in [-0.25, -0.2) is 0 Å². The summed E-state index contributed by atoms with van der Waals surface area (Å²) in [5.74, 6) is -0.150. The molecule has 1 aliphatic rings. The van der Waals surface area contributed by atoms with Crippen LogP contribution in [0.15, 0.2) is 42.5 Å². The monoisotopic (exact) mass is 364 g/mol. The van der Waals surface area contributed by atoms with E-state index in [0.717, 1.165) is 50.5 Å². The summed E-state index contributed by atoms with van der Waals surface area (Å²) in [5.41, 5.74) is 4.05. The summed E-state index contributed by atoms with van der Waals surface area (Å²) in [6, 6.07) is 13.4. The van der Waals surface area contributed by atoms with E-state index in [4.69, 9.17) is 0 Å². The van der Waals surface area contributed by atoms with Crippen LogP contribution >= 0.6 is 0 Å². The highest BCUT2D eigenvalue weighted by Gasteiger charge is 2.15. The standard InChI is InChI=1S/C20H24N6O/c1-2-25-9-11-26(12-10-25)14-15-3-6-17(7-4-15)21-20(27)16-5-8-18-19(13-16)23-24-22-18/h3-8,13H,2,9-12,14H2,1H3,(H,21,27)(H,22,23,24). The Morgan fingerprint density at radius 1 is 1.00 bits per heavy atom. The van der Waals surface area contributed by atoms with Crippen LogP contribution in [0.3, 0.4) is 0 Å². The maximum atomic E-state index is 12.5. The Morgan fingerprint density at radius 3 is 2.44 bits per heavy atom. The summed E-state index contributed by atoms with van der Waals surface area (Å²) in [5, 5.41) is 13.5. The number of hydrogen-bond donors (Lipinski definition) is 2. The van der Waals surface area contributed by atoms with E-state index in [1.54, 1.807) is 18.2 Å². The number of carbonyl (C=O) groups excluding carboxylic acids is 1. The third-order valence-corrected chi connectivity index (χ3v) is 5.11. The summed E-state index contributed by atoms with van der Waals surface area (Å²) in [7, 11) is 0. The molecule has 140 valence electrons. The highest BCUT2D eigenvalue weighted by atomic mass is 16.1. The number of aromatic nitrogens is 3. The number of hydrogen-bond acceptors (Lipinski definition) is 5. The number of carbonyl (C=O) groups is 1. The van der Waals surface area contributed by atoms with Crippen LogP contribution in [0.4, 0.5) is 5.69 Å². The molecule has 1 saturated heterocycles. The third-order valence-electron chi connectivity index (χ3n) is 5.11. The van der Waals surface area contributed by atoms with Gasteiger partial charge in [0.15, 0.2) is 0 Å². The van der Waals surface area contributed by atoms with Gasteiger partial charge in [-0.15, -0.1) is 0 Å². The molecule has 0 radical (unpaired) electrons. The topological polar surface area (TPSA) is 77.1 Å². The van der Waals surface area contributed by atoms with Gasteiger partial charge in [0.1, 0.15) is 11.0 Å². The first-order valence-electron chi connectivity index (χ1n) is 9.37. The van der Waals surface area contributed by atoms with Gasteiger partial charge in [-0.1, -0.05) is 19.1 Å². The van der Waals surface area contributed by atoms with Crippen LogP contribution in [0.25, 0.3) is 11.0 Å². The van der Waals surface area contributed by atoms with Crippen molar-refractivity contribution in [1.29, 1.82) is 0 Å². The van der Waals surface area contributed by atoms with Gasteiger partial charge in [0.2, 0.25) is 0 Å². The van der Waals surface area contributed by atoms with Crippen molar-refractivity contribution in [2.75, 3.05) is 38.0 Å². The smallest absolute Gasteiger partial charge is 0.255 e. The molecule has 2 heterocycles. The van der Waals surface area contributed by atoms with E-state index in [9.17, 15) is 4.79 Å². The number of benzene rings is 2. The molecule has 2 aromatic carbocycles. The molecule has 27 heavy (non-hydrogen) atoms. The number of aromatic amines is 1. The second-order valence-electron chi connectivity index (χ2n) is 6.89. The fourth-order valence-corrected chi connectivity index (χ4v) is 3.40. The Hall–Kier alpha value is -2.77. The van der Waals surface area contributed by atoms with E-state index < -0.39 is 0 Å². The second-order valence-corrected chi connectivity index (χ2v) is 6.89. The molecule has 1 fully saturated rings. The average molecular weight is 364 g/mol. The Bertz CT molecular complexity index is 912. The first-order valence-corrected chi connectivity index (χ1v) is 9.37.